The fraction of sp³-hybridized carbons (Fsp3) is 0.875. The lowest BCUT2D eigenvalue weighted by atomic mass is 9.96. The molecular weight excluding hydrogens is 286 g/mol. The van der Waals surface area contributed by atoms with Crippen LogP contribution in [0.5, 0.6) is 0 Å². The van der Waals surface area contributed by atoms with Crippen LogP contribution in [0.25, 0.3) is 0 Å². The zero-order valence-electron chi connectivity index (χ0n) is 14.0. The van der Waals surface area contributed by atoms with Gasteiger partial charge in [0.25, 0.3) is 0 Å². The molecule has 2 fully saturated rings. The van der Waals surface area contributed by atoms with Crippen molar-refractivity contribution in [3.63, 3.8) is 0 Å². The maximum Gasteiger partial charge on any atom is 0.410 e. The molecule has 0 N–H and O–H groups in total. The van der Waals surface area contributed by atoms with Crippen LogP contribution in [0.3, 0.4) is 0 Å². The molecule has 0 radical (unpaired) electrons. The van der Waals surface area contributed by atoms with Gasteiger partial charge in [0.2, 0.25) is 0 Å². The molecule has 1 amide bonds. The van der Waals surface area contributed by atoms with Crippen molar-refractivity contribution in [2.75, 3.05) is 26.4 Å². The summed E-state index contributed by atoms with van der Waals surface area (Å²) in [5.74, 6) is 0.103. The van der Waals surface area contributed by atoms with Crippen LogP contribution in [0.15, 0.2) is 0 Å². The highest BCUT2D eigenvalue weighted by atomic mass is 16.6. The van der Waals surface area contributed by atoms with Gasteiger partial charge < -0.3 is 14.2 Å². The minimum Gasteiger partial charge on any atom is -0.444 e. The van der Waals surface area contributed by atoms with E-state index in [0.717, 1.165) is 6.42 Å². The maximum absolute atomic E-state index is 12.4. The van der Waals surface area contributed by atoms with Gasteiger partial charge in [0, 0.05) is 18.9 Å². The summed E-state index contributed by atoms with van der Waals surface area (Å²) in [6, 6.07) is -0.354. The first-order valence-electron chi connectivity index (χ1n) is 7.97. The fourth-order valence-electron chi connectivity index (χ4n) is 2.88. The Morgan fingerprint density at radius 3 is 2.50 bits per heavy atom. The molecule has 6 heteroatoms. The smallest absolute Gasteiger partial charge is 0.410 e. The van der Waals surface area contributed by atoms with Gasteiger partial charge in [-0.1, -0.05) is 0 Å². The minimum atomic E-state index is -0.553. The van der Waals surface area contributed by atoms with Crippen molar-refractivity contribution in [1.29, 1.82) is 0 Å². The van der Waals surface area contributed by atoms with Crippen molar-refractivity contribution in [1.82, 2.24) is 4.90 Å². The summed E-state index contributed by atoms with van der Waals surface area (Å²) in [6.07, 6.45) is 0.704. The van der Waals surface area contributed by atoms with Crippen LogP contribution in [-0.4, -0.2) is 60.9 Å². The molecule has 2 aliphatic heterocycles. The van der Waals surface area contributed by atoms with Crippen LogP contribution in [-0.2, 0) is 19.0 Å². The van der Waals surface area contributed by atoms with Gasteiger partial charge in [-0.3, -0.25) is 9.69 Å². The molecule has 0 bridgehead atoms. The Labute approximate surface area is 132 Å². The van der Waals surface area contributed by atoms with Crippen LogP contribution >= 0.6 is 0 Å². The summed E-state index contributed by atoms with van der Waals surface area (Å²) in [4.78, 5) is 26.5. The zero-order valence-corrected chi connectivity index (χ0v) is 14.0. The number of hydrogen-bond donors (Lipinski definition) is 0. The summed E-state index contributed by atoms with van der Waals surface area (Å²) in [6.45, 7) is 9.42. The molecule has 0 spiro atoms. The molecule has 3 atom stereocenters. The van der Waals surface area contributed by atoms with E-state index in [0.29, 0.717) is 32.8 Å². The molecule has 6 nitrogen and oxygen atoms in total. The third-order valence-corrected chi connectivity index (χ3v) is 3.96. The summed E-state index contributed by atoms with van der Waals surface area (Å²) in [5, 5.41) is 0. The van der Waals surface area contributed by atoms with E-state index in [1.807, 2.05) is 27.7 Å². The predicted octanol–water partition coefficient (Wildman–Crippen LogP) is 2.01. The van der Waals surface area contributed by atoms with E-state index in [1.54, 1.807) is 4.90 Å². The predicted molar refractivity (Wildman–Crippen MR) is 80.7 cm³/mol. The number of nitrogens with zero attached hydrogens (tertiary/aromatic N) is 1. The molecule has 0 aromatic rings. The highest BCUT2D eigenvalue weighted by Gasteiger charge is 2.37. The van der Waals surface area contributed by atoms with E-state index in [4.69, 9.17) is 14.2 Å². The monoisotopic (exact) mass is 313 g/mol. The Morgan fingerprint density at radius 2 is 1.91 bits per heavy atom. The number of ether oxygens (including phenoxy) is 3. The van der Waals surface area contributed by atoms with Gasteiger partial charge in [0.05, 0.1) is 31.9 Å². The summed E-state index contributed by atoms with van der Waals surface area (Å²) >= 11 is 0. The van der Waals surface area contributed by atoms with Gasteiger partial charge in [-0.05, 0) is 34.1 Å². The van der Waals surface area contributed by atoms with Crippen molar-refractivity contribution >= 4 is 11.9 Å². The second-order valence-electron chi connectivity index (χ2n) is 7.16. The number of carbonyl (C=O) groups excluding carboxylic acids is 2. The molecule has 126 valence electrons. The van der Waals surface area contributed by atoms with Crippen LogP contribution in [0.1, 0.15) is 40.5 Å². The number of morpholine rings is 1. The molecule has 0 saturated carbocycles. The summed E-state index contributed by atoms with van der Waals surface area (Å²) in [5.41, 5.74) is -0.553. The van der Waals surface area contributed by atoms with Crippen molar-refractivity contribution < 1.29 is 23.8 Å². The number of Topliss-reactive ketones (excluding diaryl/α,β-unsaturated/α-hetero) is 1. The average Bonchev–Trinajstić information content (AvgIpc) is 2.90. The number of rotatable bonds is 3. The summed E-state index contributed by atoms with van der Waals surface area (Å²) in [7, 11) is 0. The highest BCUT2D eigenvalue weighted by molar-refractivity contribution is 5.82. The second kappa shape index (κ2) is 6.96. The third-order valence-electron chi connectivity index (χ3n) is 3.96. The van der Waals surface area contributed by atoms with E-state index >= 15 is 0 Å². The molecule has 0 aromatic heterocycles. The van der Waals surface area contributed by atoms with Crippen LogP contribution in [0.2, 0.25) is 0 Å². The average molecular weight is 313 g/mol. The lowest BCUT2D eigenvalue weighted by Gasteiger charge is -2.40. The quantitative estimate of drug-likeness (QED) is 0.797. The van der Waals surface area contributed by atoms with Crippen molar-refractivity contribution in [2.24, 2.45) is 5.92 Å². The van der Waals surface area contributed by atoms with Gasteiger partial charge in [0.1, 0.15) is 11.4 Å². The van der Waals surface area contributed by atoms with Crippen molar-refractivity contribution in [3.05, 3.63) is 0 Å². The van der Waals surface area contributed by atoms with Crippen LogP contribution in [0.4, 0.5) is 4.79 Å². The molecule has 2 aliphatic rings. The normalized spacial score (nSPS) is 29.5. The third kappa shape index (κ3) is 4.43. The minimum absolute atomic E-state index is 0.0438. The van der Waals surface area contributed by atoms with E-state index < -0.39 is 5.60 Å². The molecule has 2 heterocycles. The first-order valence-corrected chi connectivity index (χ1v) is 7.97. The van der Waals surface area contributed by atoms with Gasteiger partial charge in [-0.25, -0.2) is 4.79 Å². The number of hydrogen-bond acceptors (Lipinski definition) is 5. The number of amides is 1. The highest BCUT2D eigenvalue weighted by Crippen LogP contribution is 2.23. The topological polar surface area (TPSA) is 65.1 Å². The van der Waals surface area contributed by atoms with E-state index in [2.05, 4.69) is 0 Å². The Kier molecular flexibility index (Phi) is 5.45. The van der Waals surface area contributed by atoms with E-state index in [1.165, 1.54) is 0 Å². The van der Waals surface area contributed by atoms with Crippen molar-refractivity contribution in [2.45, 2.75) is 58.2 Å². The SMILES string of the molecule is CC1COCC(CC(=O)C2CCOC2)N1C(=O)OC(C)(C)C. The largest absolute Gasteiger partial charge is 0.444 e. The molecule has 0 aromatic carbocycles. The Balaban J connectivity index is 2.02. The number of carbonyl (C=O) groups is 2. The summed E-state index contributed by atoms with van der Waals surface area (Å²) < 4.78 is 16.3. The fourth-order valence-corrected chi connectivity index (χ4v) is 2.88. The molecular formula is C16H27NO5. The maximum atomic E-state index is 12.4. The molecule has 22 heavy (non-hydrogen) atoms. The Bertz CT molecular complexity index is 411. The Hall–Kier alpha value is -1.14. The van der Waals surface area contributed by atoms with Gasteiger partial charge >= 0.3 is 6.09 Å². The first-order chi connectivity index (χ1) is 10.3. The standard InChI is InChI=1S/C16H27NO5/c1-11-8-21-10-13(7-14(18)12-5-6-20-9-12)17(11)15(19)22-16(2,3)4/h11-13H,5-10H2,1-4H3. The van der Waals surface area contributed by atoms with E-state index in [-0.39, 0.29) is 29.9 Å². The number of ketones is 1. The molecule has 0 aliphatic carbocycles. The van der Waals surface area contributed by atoms with Crippen LogP contribution < -0.4 is 0 Å². The van der Waals surface area contributed by atoms with Crippen molar-refractivity contribution in [3.8, 4) is 0 Å². The van der Waals surface area contributed by atoms with Gasteiger partial charge in [-0.2, -0.15) is 0 Å². The Morgan fingerprint density at radius 1 is 1.18 bits per heavy atom. The van der Waals surface area contributed by atoms with Gasteiger partial charge in [-0.15, -0.1) is 0 Å². The van der Waals surface area contributed by atoms with E-state index in [9.17, 15) is 9.59 Å². The first kappa shape index (κ1) is 17.2. The molecule has 2 saturated heterocycles. The zero-order chi connectivity index (χ0) is 16.3. The molecule has 2 rings (SSSR count). The molecule has 3 unspecified atom stereocenters. The lowest BCUT2D eigenvalue weighted by Crippen LogP contribution is -2.55. The van der Waals surface area contributed by atoms with Gasteiger partial charge in [0.15, 0.2) is 0 Å². The second-order valence-corrected chi connectivity index (χ2v) is 7.16. The lowest BCUT2D eigenvalue weighted by molar-refractivity contribution is -0.126. The van der Waals surface area contributed by atoms with Crippen LogP contribution in [0, 0.1) is 5.92 Å².